The minimum atomic E-state index is -0.183. The van der Waals surface area contributed by atoms with Crippen molar-refractivity contribution < 1.29 is 4.74 Å². The molecule has 3 aromatic carbocycles. The molecule has 0 aliphatic heterocycles. The van der Waals surface area contributed by atoms with Gasteiger partial charge in [0.05, 0.1) is 18.8 Å². The topological polar surface area (TPSA) is 35.0 Å². The molecule has 8 heteroatoms. The Morgan fingerprint density at radius 2 is 1.13 bits per heavy atom. The van der Waals surface area contributed by atoms with Crippen LogP contribution in [0.15, 0.2) is 48.5 Å². The van der Waals surface area contributed by atoms with E-state index in [1.54, 1.807) is 0 Å². The van der Waals surface area contributed by atoms with Gasteiger partial charge in [0.15, 0.2) is 0 Å². The zero-order chi connectivity index (χ0) is 36.2. The molecule has 260 valence electrons. The Balaban J connectivity index is 1.11. The average Bonchev–Trinajstić information content (AvgIpc) is 3.95. The predicted molar refractivity (Wildman–Crippen MR) is 228 cm³/mol. The van der Waals surface area contributed by atoms with Crippen LogP contribution in [-0.2, 0) is 10.8 Å². The van der Waals surface area contributed by atoms with Crippen molar-refractivity contribution in [3.05, 3.63) is 97.2 Å². The molecule has 0 N–H and O–H groups in total. The van der Waals surface area contributed by atoms with E-state index in [2.05, 4.69) is 111 Å². The summed E-state index contributed by atoms with van der Waals surface area (Å²) >= 11 is 8.88. The first kappa shape index (κ1) is 32.9. The van der Waals surface area contributed by atoms with E-state index in [4.69, 9.17) is 13.5 Å². The molecule has 0 spiro atoms. The zero-order valence-corrected chi connectivity index (χ0v) is 35.0. The minimum absolute atomic E-state index is 0.0728. The number of aromatic nitrogens is 2. The highest BCUT2D eigenvalue weighted by Gasteiger charge is 2.45. The van der Waals surface area contributed by atoms with Gasteiger partial charge in [-0.15, -0.1) is 45.3 Å². The number of ether oxygens (including phenoxy) is 1. The fourth-order valence-corrected chi connectivity index (χ4v) is 14.7. The first-order valence-corrected chi connectivity index (χ1v) is 21.7. The second-order valence-electron chi connectivity index (χ2n) is 15.7. The Morgan fingerprint density at radius 1 is 0.558 bits per heavy atom. The Hall–Kier alpha value is -3.66. The molecule has 5 heterocycles. The average molecular weight is 771 g/mol. The molecule has 10 rings (SSSR count). The van der Waals surface area contributed by atoms with Crippen LogP contribution in [0.1, 0.15) is 76.4 Å². The van der Waals surface area contributed by atoms with Crippen LogP contribution < -0.4 is 4.74 Å². The molecule has 2 aliphatic rings. The standard InChI is InChI=1S/C44H38N2OS5/c1-19-14-31(49-23(19)5)24-11-12-25(39-38(24)45-52-46-39)32-15-21(3)40(50-32)33-18-29-42(51-33)35-30(47-10)17-27-26(37(35)44(29,8)9)13-20(2)34-36(27)43(6,7)28-16-22(4)48-41(28)34/h11-18H,1-10H3. The van der Waals surface area contributed by atoms with Gasteiger partial charge in [0.2, 0.25) is 0 Å². The number of thiophene rings is 4. The quantitative estimate of drug-likeness (QED) is 0.179. The fourth-order valence-electron chi connectivity index (χ4n) is 9.04. The molecule has 0 saturated heterocycles. The fraction of sp³-hybridized carbons (Fsp3) is 0.273. The van der Waals surface area contributed by atoms with E-state index >= 15 is 0 Å². The van der Waals surface area contributed by atoms with E-state index in [0.717, 1.165) is 22.3 Å². The highest BCUT2D eigenvalue weighted by Crippen LogP contribution is 2.62. The first-order chi connectivity index (χ1) is 24.8. The summed E-state index contributed by atoms with van der Waals surface area (Å²) in [6, 6.07) is 18.8. The minimum Gasteiger partial charge on any atom is -0.496 e. The Kier molecular flexibility index (Phi) is 6.94. The Morgan fingerprint density at radius 3 is 1.79 bits per heavy atom. The van der Waals surface area contributed by atoms with E-state index in [9.17, 15) is 0 Å². The van der Waals surface area contributed by atoms with Gasteiger partial charge in [0.1, 0.15) is 16.8 Å². The van der Waals surface area contributed by atoms with Gasteiger partial charge < -0.3 is 4.74 Å². The number of aryl methyl sites for hydroxylation is 5. The molecule has 0 atom stereocenters. The number of nitrogens with zero attached hydrogens (tertiary/aromatic N) is 2. The van der Waals surface area contributed by atoms with Gasteiger partial charge in [0.25, 0.3) is 0 Å². The molecule has 0 unspecified atom stereocenters. The largest absolute Gasteiger partial charge is 0.496 e. The summed E-state index contributed by atoms with van der Waals surface area (Å²) in [7, 11) is 1.84. The van der Waals surface area contributed by atoms with Gasteiger partial charge in [-0.25, -0.2) is 0 Å². The lowest BCUT2D eigenvalue weighted by Crippen LogP contribution is -2.18. The summed E-state index contributed by atoms with van der Waals surface area (Å²) in [5, 5.41) is 2.71. The third-order valence-electron chi connectivity index (χ3n) is 11.7. The number of benzene rings is 3. The number of hydrogen-bond acceptors (Lipinski definition) is 8. The summed E-state index contributed by atoms with van der Waals surface area (Å²) < 4.78 is 16.0. The maximum Gasteiger partial charge on any atom is 0.128 e. The van der Waals surface area contributed by atoms with Crippen LogP contribution in [0.25, 0.3) is 73.3 Å². The van der Waals surface area contributed by atoms with Gasteiger partial charge in [-0.1, -0.05) is 45.9 Å². The normalized spacial score (nSPS) is 15.0. The molecule has 0 radical (unpaired) electrons. The molecule has 3 nitrogen and oxygen atoms in total. The Bertz CT molecular complexity index is 2830. The van der Waals surface area contributed by atoms with Crippen LogP contribution in [0.2, 0.25) is 0 Å². The van der Waals surface area contributed by atoms with Crippen LogP contribution in [0, 0.1) is 34.6 Å². The smallest absolute Gasteiger partial charge is 0.128 e. The number of rotatable bonds is 4. The molecule has 0 bridgehead atoms. The lowest BCUT2D eigenvalue weighted by atomic mass is 9.75. The monoisotopic (exact) mass is 770 g/mol. The maximum atomic E-state index is 6.34. The summed E-state index contributed by atoms with van der Waals surface area (Å²) in [4.78, 5) is 10.7. The van der Waals surface area contributed by atoms with E-state index in [0.29, 0.717) is 0 Å². The maximum absolute atomic E-state index is 6.34. The molecule has 5 aromatic heterocycles. The summed E-state index contributed by atoms with van der Waals surface area (Å²) in [5.74, 6) is 0.981. The third kappa shape index (κ3) is 4.27. The SMILES string of the molecule is COc1cc2c3c(c(C)cc2c2c1-c1sc(-c4sc(-c5ccc(-c6cc(C)c(C)s6)c6nsnc56)cc4C)cc1C2(C)C)-c1sc(C)cc1C3(C)C. The van der Waals surface area contributed by atoms with Crippen molar-refractivity contribution in [2.24, 2.45) is 0 Å². The van der Waals surface area contributed by atoms with Crippen LogP contribution in [-0.4, -0.2) is 15.9 Å². The van der Waals surface area contributed by atoms with Gasteiger partial charge in [-0.2, -0.15) is 8.75 Å². The highest BCUT2D eigenvalue weighted by molar-refractivity contribution is 7.25. The van der Waals surface area contributed by atoms with Gasteiger partial charge in [0, 0.05) is 66.5 Å². The van der Waals surface area contributed by atoms with Crippen molar-refractivity contribution in [1.29, 1.82) is 0 Å². The van der Waals surface area contributed by atoms with Crippen molar-refractivity contribution in [1.82, 2.24) is 8.75 Å². The second-order valence-corrected chi connectivity index (χ2v) is 20.8. The van der Waals surface area contributed by atoms with Crippen LogP contribution in [0.4, 0.5) is 0 Å². The van der Waals surface area contributed by atoms with Crippen LogP contribution >= 0.6 is 57.1 Å². The second kappa shape index (κ2) is 11.0. The van der Waals surface area contributed by atoms with Crippen molar-refractivity contribution in [2.45, 2.75) is 73.1 Å². The molecule has 0 saturated carbocycles. The third-order valence-corrected chi connectivity index (χ3v) is 17.1. The highest BCUT2D eigenvalue weighted by atomic mass is 32.1. The lowest BCUT2D eigenvalue weighted by Gasteiger charge is -2.28. The lowest BCUT2D eigenvalue weighted by molar-refractivity contribution is 0.416. The molecule has 0 fully saturated rings. The summed E-state index contributed by atoms with van der Waals surface area (Å²) in [5.41, 5.74) is 16.5. The summed E-state index contributed by atoms with van der Waals surface area (Å²) in [6.45, 7) is 20.8. The van der Waals surface area contributed by atoms with E-state index in [-0.39, 0.29) is 10.8 Å². The van der Waals surface area contributed by atoms with E-state index in [1.807, 2.05) is 52.5 Å². The number of fused-ring (bicyclic) bond motifs is 10. The van der Waals surface area contributed by atoms with E-state index < -0.39 is 0 Å². The predicted octanol–water partition coefficient (Wildman–Crippen LogP) is 14.3. The van der Waals surface area contributed by atoms with Crippen LogP contribution in [0.5, 0.6) is 5.75 Å². The molecule has 2 aliphatic carbocycles. The van der Waals surface area contributed by atoms with Crippen LogP contribution in [0.3, 0.4) is 0 Å². The van der Waals surface area contributed by atoms with Gasteiger partial charge in [-0.3, -0.25) is 0 Å². The molecular weight excluding hydrogens is 733 g/mol. The van der Waals surface area contributed by atoms with Crippen molar-refractivity contribution >= 4 is 78.9 Å². The molecule has 52 heavy (non-hydrogen) atoms. The summed E-state index contributed by atoms with van der Waals surface area (Å²) in [6.07, 6.45) is 0. The number of hydrogen-bond donors (Lipinski definition) is 0. The van der Waals surface area contributed by atoms with Crippen molar-refractivity contribution in [3.8, 4) is 57.3 Å². The molecule has 8 aromatic rings. The molecule has 0 amide bonds. The van der Waals surface area contributed by atoms with Crippen molar-refractivity contribution in [3.63, 3.8) is 0 Å². The Labute approximate surface area is 324 Å². The van der Waals surface area contributed by atoms with Gasteiger partial charge in [-0.05, 0) is 120 Å². The van der Waals surface area contributed by atoms with E-state index in [1.165, 1.54) is 117 Å². The zero-order valence-electron chi connectivity index (χ0n) is 31.0. The molecular formula is C44H38N2OS5. The number of methoxy groups -OCH3 is 1. The van der Waals surface area contributed by atoms with Gasteiger partial charge >= 0.3 is 0 Å². The first-order valence-electron chi connectivity index (χ1n) is 17.7. The van der Waals surface area contributed by atoms with Crippen molar-refractivity contribution in [2.75, 3.05) is 7.11 Å².